The Bertz CT molecular complexity index is 1570. The van der Waals surface area contributed by atoms with Crippen molar-refractivity contribution in [3.63, 3.8) is 0 Å². The molecular weight excluding hydrogens is 658 g/mol. The van der Waals surface area contributed by atoms with Crippen molar-refractivity contribution >= 4 is 11.9 Å². The number of fused-ring (bicyclic) bond motifs is 3. The molecule has 2 bridgehead atoms. The van der Waals surface area contributed by atoms with Gasteiger partial charge in [-0.3, -0.25) is 9.59 Å². The van der Waals surface area contributed by atoms with Crippen molar-refractivity contribution < 1.29 is 28.9 Å². The zero-order valence-electron chi connectivity index (χ0n) is 33.2. The number of ether oxygens (including phenoxy) is 3. The van der Waals surface area contributed by atoms with Crippen LogP contribution in [0.4, 0.5) is 0 Å². The molecule has 1 unspecified atom stereocenters. The zero-order valence-corrected chi connectivity index (χ0v) is 33.2. The van der Waals surface area contributed by atoms with Crippen LogP contribution in [0.3, 0.4) is 0 Å². The molecule has 0 spiro atoms. The Kier molecular flexibility index (Phi) is 9.60. The lowest BCUT2D eigenvalue weighted by atomic mass is 9.34. The second-order valence-electron chi connectivity index (χ2n) is 19.1. The largest absolute Gasteiger partial charge is 0.481 e. The summed E-state index contributed by atoms with van der Waals surface area (Å²) in [4.78, 5) is 31.3. The van der Waals surface area contributed by atoms with Gasteiger partial charge in [0.1, 0.15) is 6.33 Å². The van der Waals surface area contributed by atoms with E-state index in [0.717, 1.165) is 51.4 Å². The number of hydrogen-bond donors (Lipinski definition) is 3. The SMILES string of the molecule is CNC(=O)c1ncnn1[C@@H]1CC23COC[C@@](C)([C@@H]2CC[C@H]2C3=CC[C@@]3(C)[C@H](C(=O)O)[C@@](C)([C@H](C)C(C)C)CC[C@]23C)[C@H]1OCC1(NC)CCOCC1. The third-order valence-electron chi connectivity index (χ3n) is 16.9. The van der Waals surface area contributed by atoms with Crippen LogP contribution in [0, 0.1) is 56.7 Å². The zero-order chi connectivity index (χ0) is 37.5. The fourth-order valence-corrected chi connectivity index (χ4v) is 13.4. The molecule has 4 aliphatic carbocycles. The van der Waals surface area contributed by atoms with Crippen LogP contribution in [0.1, 0.15) is 116 Å². The summed E-state index contributed by atoms with van der Waals surface area (Å²) in [6.07, 6.45) is 10.9. The van der Waals surface area contributed by atoms with E-state index in [9.17, 15) is 14.7 Å². The standard InChI is InChI=1S/C41H65N5O6/c1-25(2)26(3)36(4)14-15-38(6)27-10-11-30-37(5)21-51-23-41(30,28(27)12-13-39(38,7)31(36)35(48)49)20-29(46-33(34(47)42-8)44-24-45-46)32(37)52-22-40(43-9)16-18-50-19-17-40/h12,24-27,29-32,43H,10-11,13-23H2,1-9H3,(H,42,47)(H,48,49)/t26-,27+,29-,30+,31-,32+,36-,37+,38-,39+,41?/m1/s1. The van der Waals surface area contributed by atoms with Crippen LogP contribution in [0.2, 0.25) is 0 Å². The van der Waals surface area contributed by atoms with Crippen LogP contribution in [0.15, 0.2) is 18.0 Å². The van der Waals surface area contributed by atoms with E-state index in [4.69, 9.17) is 19.3 Å². The molecule has 3 heterocycles. The van der Waals surface area contributed by atoms with E-state index in [-0.39, 0.29) is 51.2 Å². The minimum atomic E-state index is -0.643. The van der Waals surface area contributed by atoms with Gasteiger partial charge in [-0.05, 0) is 98.3 Å². The third kappa shape index (κ3) is 5.24. The number of carbonyl (C=O) groups excluding carboxylic acids is 1. The normalized spacial score (nSPS) is 43.0. The average molecular weight is 724 g/mol. The molecule has 11 atom stereocenters. The highest BCUT2D eigenvalue weighted by atomic mass is 16.5. The van der Waals surface area contributed by atoms with E-state index in [1.807, 2.05) is 11.7 Å². The summed E-state index contributed by atoms with van der Waals surface area (Å²) in [7, 11) is 3.65. The lowest BCUT2D eigenvalue weighted by Crippen LogP contribution is -2.69. The number of aromatic nitrogens is 3. The van der Waals surface area contributed by atoms with E-state index in [1.54, 1.807) is 7.05 Å². The first kappa shape index (κ1) is 38.0. The van der Waals surface area contributed by atoms with Gasteiger partial charge in [-0.25, -0.2) is 9.67 Å². The molecule has 52 heavy (non-hydrogen) atoms. The predicted octanol–water partition coefficient (Wildman–Crippen LogP) is 5.92. The second-order valence-corrected chi connectivity index (χ2v) is 19.1. The molecule has 3 saturated carbocycles. The summed E-state index contributed by atoms with van der Waals surface area (Å²) in [5, 5.41) is 22.2. The molecule has 1 aromatic heterocycles. The Labute approximate surface area is 310 Å². The van der Waals surface area contributed by atoms with E-state index < -0.39 is 17.3 Å². The first-order valence-electron chi connectivity index (χ1n) is 20.1. The first-order chi connectivity index (χ1) is 24.6. The topological polar surface area (TPSA) is 137 Å². The van der Waals surface area contributed by atoms with Gasteiger partial charge in [0, 0.05) is 36.6 Å². The van der Waals surface area contributed by atoms with Crippen LogP contribution in [0.25, 0.3) is 0 Å². The van der Waals surface area contributed by atoms with Crippen molar-refractivity contribution in [3.05, 3.63) is 23.8 Å². The molecule has 1 aromatic rings. The molecule has 11 heteroatoms. The number of allylic oxidation sites excluding steroid dienone is 1. The Morgan fingerprint density at radius 2 is 1.75 bits per heavy atom. The molecule has 3 N–H and O–H groups in total. The fourth-order valence-electron chi connectivity index (χ4n) is 13.4. The van der Waals surface area contributed by atoms with E-state index in [1.165, 1.54) is 11.9 Å². The van der Waals surface area contributed by atoms with Gasteiger partial charge in [-0.2, -0.15) is 5.10 Å². The number of nitrogens with zero attached hydrogens (tertiary/aromatic N) is 3. The molecular formula is C41H65N5O6. The molecule has 5 fully saturated rings. The molecule has 11 nitrogen and oxygen atoms in total. The molecule has 2 saturated heterocycles. The van der Waals surface area contributed by atoms with Crippen molar-refractivity contribution in [3.8, 4) is 0 Å². The monoisotopic (exact) mass is 723 g/mol. The van der Waals surface area contributed by atoms with E-state index in [2.05, 4.69) is 70.2 Å². The van der Waals surface area contributed by atoms with Gasteiger partial charge in [0.15, 0.2) is 0 Å². The van der Waals surface area contributed by atoms with Crippen LogP contribution in [-0.2, 0) is 19.0 Å². The Morgan fingerprint density at radius 3 is 2.40 bits per heavy atom. The van der Waals surface area contributed by atoms with Crippen LogP contribution >= 0.6 is 0 Å². The van der Waals surface area contributed by atoms with Crippen LogP contribution in [-0.4, -0.2) is 90.5 Å². The Morgan fingerprint density at radius 1 is 1.02 bits per heavy atom. The van der Waals surface area contributed by atoms with E-state index in [0.29, 0.717) is 56.6 Å². The van der Waals surface area contributed by atoms with Gasteiger partial charge in [-0.1, -0.05) is 60.1 Å². The fraction of sp³-hybridized carbons (Fsp3) is 0.854. The summed E-state index contributed by atoms with van der Waals surface area (Å²) >= 11 is 0. The van der Waals surface area contributed by atoms with Crippen LogP contribution < -0.4 is 10.6 Å². The summed E-state index contributed by atoms with van der Waals surface area (Å²) in [5.41, 5.74) is -0.255. The second kappa shape index (κ2) is 13.2. The molecule has 7 rings (SSSR count). The highest BCUT2D eigenvalue weighted by Gasteiger charge is 2.72. The number of likely N-dealkylation sites (N-methyl/N-ethyl adjacent to an activating group) is 1. The number of carboxylic acids is 1. The van der Waals surface area contributed by atoms with Gasteiger partial charge < -0.3 is 30.0 Å². The summed E-state index contributed by atoms with van der Waals surface area (Å²) in [6, 6.07) is -0.247. The number of carboxylic acid groups (broad SMARTS) is 1. The minimum absolute atomic E-state index is 0.185. The van der Waals surface area contributed by atoms with Gasteiger partial charge in [0.2, 0.25) is 5.82 Å². The van der Waals surface area contributed by atoms with Crippen LogP contribution in [0.5, 0.6) is 0 Å². The average Bonchev–Trinajstić information content (AvgIpc) is 3.61. The maximum Gasteiger partial charge on any atom is 0.307 e. The lowest BCUT2D eigenvalue weighted by Gasteiger charge is -2.71. The van der Waals surface area contributed by atoms with Crippen molar-refractivity contribution in [2.45, 2.75) is 118 Å². The van der Waals surface area contributed by atoms with Crippen molar-refractivity contribution in [2.24, 2.45) is 56.7 Å². The maximum atomic E-state index is 13.5. The van der Waals surface area contributed by atoms with Crippen molar-refractivity contribution in [1.82, 2.24) is 25.4 Å². The third-order valence-corrected chi connectivity index (χ3v) is 16.9. The first-order valence-corrected chi connectivity index (χ1v) is 20.1. The maximum absolute atomic E-state index is 13.5. The molecule has 6 aliphatic rings. The summed E-state index contributed by atoms with van der Waals surface area (Å²) in [6.45, 7) is 19.2. The Hall–Kier alpha value is -2.34. The number of amides is 1. The van der Waals surface area contributed by atoms with Crippen molar-refractivity contribution in [1.29, 1.82) is 0 Å². The molecule has 290 valence electrons. The van der Waals surface area contributed by atoms with Gasteiger partial charge in [0.25, 0.3) is 5.91 Å². The number of nitrogens with one attached hydrogen (secondary N) is 2. The highest BCUT2D eigenvalue weighted by molar-refractivity contribution is 5.90. The summed E-state index contributed by atoms with van der Waals surface area (Å²) < 4.78 is 21.6. The number of carbonyl (C=O) groups is 2. The van der Waals surface area contributed by atoms with Gasteiger partial charge in [0.05, 0.1) is 37.9 Å². The number of rotatable bonds is 9. The molecule has 0 radical (unpaired) electrons. The molecule has 2 aliphatic heterocycles. The molecule has 1 amide bonds. The van der Waals surface area contributed by atoms with Gasteiger partial charge in [-0.15, -0.1) is 0 Å². The lowest BCUT2D eigenvalue weighted by molar-refractivity contribution is -0.253. The van der Waals surface area contributed by atoms with E-state index >= 15 is 0 Å². The summed E-state index contributed by atoms with van der Waals surface area (Å²) in [5.74, 6) is 0.200. The predicted molar refractivity (Wildman–Crippen MR) is 198 cm³/mol. The van der Waals surface area contributed by atoms with Gasteiger partial charge >= 0.3 is 5.97 Å². The highest BCUT2D eigenvalue weighted by Crippen LogP contribution is 2.75. The molecule has 0 aromatic carbocycles. The smallest absolute Gasteiger partial charge is 0.307 e. The quantitative estimate of drug-likeness (QED) is 0.265. The number of hydrogen-bond acceptors (Lipinski definition) is 8. The van der Waals surface area contributed by atoms with Crippen molar-refractivity contribution in [2.75, 3.05) is 47.1 Å². The number of aliphatic carboxylic acids is 1. The Balaban J connectivity index is 1.33. The minimum Gasteiger partial charge on any atom is -0.481 e.